The van der Waals surface area contributed by atoms with Crippen LogP contribution >= 0.6 is 0 Å². The van der Waals surface area contributed by atoms with Gasteiger partial charge in [-0.15, -0.1) is 0 Å². The molecule has 0 aliphatic rings. The van der Waals surface area contributed by atoms with Crippen molar-refractivity contribution in [3.05, 3.63) is 104 Å². The van der Waals surface area contributed by atoms with Gasteiger partial charge in [0.25, 0.3) is 0 Å². The molecule has 0 aliphatic carbocycles. The zero-order chi connectivity index (χ0) is 17.9. The van der Waals surface area contributed by atoms with Crippen molar-refractivity contribution in [2.45, 2.75) is 0 Å². The van der Waals surface area contributed by atoms with Crippen molar-refractivity contribution in [2.75, 3.05) is 0 Å². The van der Waals surface area contributed by atoms with Crippen LogP contribution in [0.1, 0.15) is 5.56 Å². The van der Waals surface area contributed by atoms with Gasteiger partial charge in [0, 0.05) is 23.2 Å². The highest BCUT2D eigenvalue weighted by atomic mass is 14.7. The number of fused-ring (bicyclic) bond motifs is 3. The average molecular weight is 334 g/mol. The van der Waals surface area contributed by atoms with Crippen molar-refractivity contribution in [1.82, 2.24) is 9.97 Å². The van der Waals surface area contributed by atoms with Gasteiger partial charge in [-0.25, -0.2) is 0 Å². The number of hydrogen-bond donors (Lipinski definition) is 0. The lowest BCUT2D eigenvalue weighted by molar-refractivity contribution is 1.37. The Hall–Kier alpha value is -3.52. The Balaban J connectivity index is 2.05. The van der Waals surface area contributed by atoms with E-state index in [1.807, 2.05) is 36.7 Å². The molecule has 4 aromatic rings. The summed E-state index contributed by atoms with van der Waals surface area (Å²) in [5.41, 5.74) is 6.25. The minimum atomic E-state index is 0.898. The second kappa shape index (κ2) is 6.77. The topological polar surface area (TPSA) is 25.8 Å². The minimum absolute atomic E-state index is 0.898. The first-order chi connectivity index (χ1) is 12.8. The highest BCUT2D eigenvalue weighted by Crippen LogP contribution is 2.33. The Labute approximate surface area is 152 Å². The molecule has 124 valence electrons. The second-order valence-electron chi connectivity index (χ2n) is 6.00. The molecular formula is C24H18N2. The van der Waals surface area contributed by atoms with Crippen LogP contribution in [0.25, 0.3) is 38.5 Å². The Morgan fingerprint density at radius 3 is 2.19 bits per heavy atom. The molecule has 0 amide bonds. The quantitative estimate of drug-likeness (QED) is 0.328. The summed E-state index contributed by atoms with van der Waals surface area (Å²) in [6.45, 7) is 7.72. The predicted octanol–water partition coefficient (Wildman–Crippen LogP) is 6.21. The minimum Gasteiger partial charge on any atom is -0.254 e. The first kappa shape index (κ1) is 16.0. The normalized spacial score (nSPS) is 11.6. The van der Waals surface area contributed by atoms with Crippen LogP contribution in [0.3, 0.4) is 0 Å². The fourth-order valence-corrected chi connectivity index (χ4v) is 3.34. The van der Waals surface area contributed by atoms with Crippen LogP contribution < -0.4 is 0 Å². The van der Waals surface area contributed by atoms with E-state index in [0.29, 0.717) is 0 Å². The standard InChI is InChI=1S/C24H18N2/c1-3-8-17(4-2)19-13-15-25-23-21(19)11-12-22-20(14-16-26-24(22)23)18-9-6-5-7-10-18/h3-16H,1-2H2/b17-8+. The molecule has 0 saturated heterocycles. The SMILES string of the molecule is C=C/C=C(\C=C)c1ccnc2c1ccc1c(-c3ccccc3)ccnc12. The van der Waals surface area contributed by atoms with Gasteiger partial charge in [-0.2, -0.15) is 0 Å². The Morgan fingerprint density at radius 1 is 0.769 bits per heavy atom. The third-order valence-electron chi connectivity index (χ3n) is 4.53. The summed E-state index contributed by atoms with van der Waals surface area (Å²) in [6.07, 6.45) is 9.26. The maximum absolute atomic E-state index is 4.64. The van der Waals surface area contributed by atoms with Gasteiger partial charge in [-0.1, -0.05) is 73.9 Å². The Kier molecular flexibility index (Phi) is 4.16. The number of hydrogen-bond acceptors (Lipinski definition) is 2. The van der Waals surface area contributed by atoms with E-state index in [4.69, 9.17) is 0 Å². The van der Waals surface area contributed by atoms with Crippen LogP contribution in [0.5, 0.6) is 0 Å². The molecule has 2 aromatic carbocycles. The third-order valence-corrected chi connectivity index (χ3v) is 4.53. The van der Waals surface area contributed by atoms with Gasteiger partial charge in [-0.05, 0) is 34.4 Å². The van der Waals surface area contributed by atoms with Crippen molar-refractivity contribution in [2.24, 2.45) is 0 Å². The van der Waals surface area contributed by atoms with Gasteiger partial charge in [0.15, 0.2) is 0 Å². The number of benzene rings is 2. The van der Waals surface area contributed by atoms with E-state index in [2.05, 4.69) is 65.6 Å². The van der Waals surface area contributed by atoms with Crippen LogP contribution in [0.15, 0.2) is 98.4 Å². The molecule has 0 unspecified atom stereocenters. The molecule has 2 heteroatoms. The van der Waals surface area contributed by atoms with Crippen molar-refractivity contribution in [3.8, 4) is 11.1 Å². The van der Waals surface area contributed by atoms with Crippen molar-refractivity contribution < 1.29 is 0 Å². The van der Waals surface area contributed by atoms with Gasteiger partial charge in [0.05, 0.1) is 11.0 Å². The summed E-state index contributed by atoms with van der Waals surface area (Å²) in [7, 11) is 0. The lowest BCUT2D eigenvalue weighted by atomic mass is 9.96. The van der Waals surface area contributed by atoms with E-state index < -0.39 is 0 Å². The molecule has 0 bridgehead atoms. The zero-order valence-electron chi connectivity index (χ0n) is 14.4. The molecule has 0 fully saturated rings. The van der Waals surface area contributed by atoms with Crippen molar-refractivity contribution >= 4 is 27.4 Å². The first-order valence-corrected chi connectivity index (χ1v) is 8.51. The molecule has 26 heavy (non-hydrogen) atoms. The van der Waals surface area contributed by atoms with E-state index in [9.17, 15) is 0 Å². The molecule has 2 aromatic heterocycles. The second-order valence-corrected chi connectivity index (χ2v) is 6.00. The van der Waals surface area contributed by atoms with Crippen molar-refractivity contribution in [1.29, 1.82) is 0 Å². The molecule has 2 heterocycles. The molecule has 2 nitrogen and oxygen atoms in total. The third kappa shape index (κ3) is 2.62. The smallest absolute Gasteiger partial charge is 0.0970 e. The summed E-state index contributed by atoms with van der Waals surface area (Å²) in [5.74, 6) is 0. The molecular weight excluding hydrogens is 316 g/mol. The fraction of sp³-hybridized carbons (Fsp3) is 0. The number of aromatic nitrogens is 2. The van der Waals surface area contributed by atoms with Crippen molar-refractivity contribution in [3.63, 3.8) is 0 Å². The number of nitrogens with zero attached hydrogens (tertiary/aromatic N) is 2. The maximum Gasteiger partial charge on any atom is 0.0970 e. The molecule has 0 aliphatic heterocycles. The maximum atomic E-state index is 4.64. The molecule has 0 saturated carbocycles. The Morgan fingerprint density at radius 2 is 1.46 bits per heavy atom. The first-order valence-electron chi connectivity index (χ1n) is 8.51. The predicted molar refractivity (Wildman–Crippen MR) is 111 cm³/mol. The zero-order valence-corrected chi connectivity index (χ0v) is 14.4. The summed E-state index contributed by atoms with van der Waals surface area (Å²) in [4.78, 5) is 9.27. The highest BCUT2D eigenvalue weighted by molar-refractivity contribution is 6.10. The summed E-state index contributed by atoms with van der Waals surface area (Å²) in [6, 6.07) is 18.7. The molecule has 0 atom stereocenters. The number of rotatable bonds is 4. The summed E-state index contributed by atoms with van der Waals surface area (Å²) >= 11 is 0. The molecule has 0 radical (unpaired) electrons. The van der Waals surface area contributed by atoms with Gasteiger partial charge >= 0.3 is 0 Å². The van der Waals surface area contributed by atoms with E-state index in [-0.39, 0.29) is 0 Å². The van der Waals surface area contributed by atoms with Crippen LogP contribution in [0.4, 0.5) is 0 Å². The van der Waals surface area contributed by atoms with E-state index >= 15 is 0 Å². The van der Waals surface area contributed by atoms with Crippen LogP contribution in [-0.2, 0) is 0 Å². The summed E-state index contributed by atoms with van der Waals surface area (Å²) in [5, 5.41) is 2.16. The van der Waals surface area contributed by atoms with E-state index in [0.717, 1.165) is 38.5 Å². The molecule has 0 N–H and O–H groups in total. The monoisotopic (exact) mass is 334 g/mol. The van der Waals surface area contributed by atoms with Crippen LogP contribution in [0.2, 0.25) is 0 Å². The molecule has 4 rings (SSSR count). The van der Waals surface area contributed by atoms with Crippen LogP contribution in [0, 0.1) is 0 Å². The van der Waals surface area contributed by atoms with Gasteiger partial charge in [-0.3, -0.25) is 9.97 Å². The van der Waals surface area contributed by atoms with E-state index in [1.54, 1.807) is 6.08 Å². The van der Waals surface area contributed by atoms with Gasteiger partial charge in [0.1, 0.15) is 0 Å². The Bertz CT molecular complexity index is 1150. The average Bonchev–Trinajstić information content (AvgIpc) is 2.71. The number of pyridine rings is 2. The van der Waals surface area contributed by atoms with Crippen LogP contribution in [-0.4, -0.2) is 9.97 Å². The van der Waals surface area contributed by atoms with Gasteiger partial charge in [0.2, 0.25) is 0 Å². The summed E-state index contributed by atoms with van der Waals surface area (Å²) < 4.78 is 0. The largest absolute Gasteiger partial charge is 0.254 e. The fourth-order valence-electron chi connectivity index (χ4n) is 3.34. The number of allylic oxidation sites excluding steroid dienone is 4. The highest BCUT2D eigenvalue weighted by Gasteiger charge is 2.11. The lowest BCUT2D eigenvalue weighted by Crippen LogP contribution is -1.91. The lowest BCUT2D eigenvalue weighted by Gasteiger charge is -2.11. The van der Waals surface area contributed by atoms with E-state index in [1.165, 1.54) is 5.56 Å². The molecule has 0 spiro atoms. The van der Waals surface area contributed by atoms with Gasteiger partial charge < -0.3 is 0 Å².